The Kier molecular flexibility index (Phi) is 4.28. The molecule has 2 aromatic carbocycles. The second-order valence-corrected chi connectivity index (χ2v) is 6.29. The number of benzene rings is 2. The molecule has 1 N–H and O–H groups in total. The van der Waals surface area contributed by atoms with Gasteiger partial charge in [-0.05, 0) is 30.3 Å². The summed E-state index contributed by atoms with van der Waals surface area (Å²) in [4.78, 5) is 8.25. The van der Waals surface area contributed by atoms with Gasteiger partial charge < -0.3 is 28.4 Å². The molecule has 0 bridgehead atoms. The minimum absolute atomic E-state index is 0.365. The normalized spacial score (nSPS) is 12.6. The maximum absolute atomic E-state index is 5.85. The van der Waals surface area contributed by atoms with E-state index in [1.54, 1.807) is 19.5 Å². The van der Waals surface area contributed by atoms with Gasteiger partial charge in [0.1, 0.15) is 19.0 Å². The van der Waals surface area contributed by atoms with Gasteiger partial charge in [0.2, 0.25) is 0 Å². The lowest BCUT2D eigenvalue weighted by Gasteiger charge is -2.18. The lowest BCUT2D eigenvalue weighted by Crippen LogP contribution is -2.15. The number of aromatic nitrogens is 2. The van der Waals surface area contributed by atoms with Crippen molar-refractivity contribution in [2.24, 2.45) is 0 Å². The van der Waals surface area contributed by atoms with Gasteiger partial charge in [-0.25, -0.2) is 9.97 Å². The molecule has 0 unspecified atom stereocenters. The minimum Gasteiger partial charge on any atom is -0.496 e. The van der Waals surface area contributed by atoms with Gasteiger partial charge in [-0.2, -0.15) is 0 Å². The van der Waals surface area contributed by atoms with Crippen molar-refractivity contribution in [1.29, 1.82) is 0 Å². The van der Waals surface area contributed by atoms with Crippen LogP contribution in [0, 0.1) is 0 Å². The van der Waals surface area contributed by atoms with Crippen molar-refractivity contribution in [3.05, 3.63) is 55.2 Å². The van der Waals surface area contributed by atoms with Crippen LogP contribution in [0.4, 0.5) is 11.7 Å². The van der Waals surface area contributed by atoms with E-state index in [1.807, 2.05) is 36.4 Å². The molecule has 0 amide bonds. The van der Waals surface area contributed by atoms with Gasteiger partial charge in [-0.3, -0.25) is 0 Å². The number of ether oxygens (including phenoxy) is 3. The number of fused-ring (bicyclic) bond motifs is 1. The largest absolute Gasteiger partial charge is 0.496 e. The summed E-state index contributed by atoms with van der Waals surface area (Å²) in [6.45, 7) is 1.09. The quantitative estimate of drug-likeness (QED) is 0.531. The molecule has 0 atom stereocenters. The highest BCUT2D eigenvalue weighted by Crippen LogP contribution is 2.36. The smallest absolute Gasteiger partial charge is 0.299 e. The van der Waals surface area contributed by atoms with E-state index in [0.29, 0.717) is 42.2 Å². The third kappa shape index (κ3) is 3.36. The Balaban J connectivity index is 1.38. The monoisotopic (exact) mass is 391 g/mol. The van der Waals surface area contributed by atoms with Crippen molar-refractivity contribution in [3.63, 3.8) is 0 Å². The van der Waals surface area contributed by atoms with E-state index in [-0.39, 0.29) is 0 Å². The van der Waals surface area contributed by atoms with Gasteiger partial charge in [0.15, 0.2) is 29.4 Å². The van der Waals surface area contributed by atoms with Crippen molar-refractivity contribution < 1.29 is 23.0 Å². The van der Waals surface area contributed by atoms with Crippen molar-refractivity contribution in [2.45, 2.75) is 0 Å². The zero-order chi connectivity index (χ0) is 19.6. The van der Waals surface area contributed by atoms with E-state index in [9.17, 15) is 0 Å². The van der Waals surface area contributed by atoms with Crippen molar-refractivity contribution in [1.82, 2.24) is 9.97 Å². The second kappa shape index (κ2) is 7.23. The summed E-state index contributed by atoms with van der Waals surface area (Å²) in [6.07, 6.45) is 4.68. The molecule has 4 aromatic rings. The maximum atomic E-state index is 5.85. The first kappa shape index (κ1) is 17.2. The van der Waals surface area contributed by atoms with Crippen LogP contribution in [0.15, 0.2) is 64.0 Å². The average molecular weight is 391 g/mol. The fraction of sp³-hybridized carbons (Fsp3) is 0.143. The number of nitrogens with one attached hydrogen (secondary N) is 1. The van der Waals surface area contributed by atoms with Crippen molar-refractivity contribution >= 4 is 11.7 Å². The minimum atomic E-state index is 0.365. The molecule has 0 saturated heterocycles. The van der Waals surface area contributed by atoms with Gasteiger partial charge in [-0.15, -0.1) is 0 Å². The van der Waals surface area contributed by atoms with E-state index < -0.39 is 0 Å². The van der Waals surface area contributed by atoms with Gasteiger partial charge >= 0.3 is 0 Å². The molecule has 29 heavy (non-hydrogen) atoms. The first-order valence-electron chi connectivity index (χ1n) is 9.00. The number of hydrogen-bond donors (Lipinski definition) is 1. The van der Waals surface area contributed by atoms with Crippen LogP contribution in [0.5, 0.6) is 17.2 Å². The number of methoxy groups -OCH3 is 1. The van der Waals surface area contributed by atoms with Crippen LogP contribution < -0.4 is 19.5 Å². The predicted octanol–water partition coefficient (Wildman–Crippen LogP) is 4.52. The van der Waals surface area contributed by atoms with Gasteiger partial charge in [-0.1, -0.05) is 0 Å². The van der Waals surface area contributed by atoms with E-state index >= 15 is 0 Å². The molecule has 3 heterocycles. The van der Waals surface area contributed by atoms with Crippen LogP contribution in [0.2, 0.25) is 0 Å². The van der Waals surface area contributed by atoms with Crippen LogP contribution in [-0.2, 0) is 0 Å². The Morgan fingerprint density at radius 1 is 0.966 bits per heavy atom. The molecule has 0 fully saturated rings. The van der Waals surface area contributed by atoms with E-state index in [4.69, 9.17) is 23.0 Å². The zero-order valence-electron chi connectivity index (χ0n) is 15.5. The Hall–Kier alpha value is -3.94. The van der Waals surface area contributed by atoms with E-state index in [2.05, 4.69) is 15.3 Å². The topological polar surface area (TPSA) is 91.8 Å². The lowest BCUT2D eigenvalue weighted by molar-refractivity contribution is 0.171. The summed E-state index contributed by atoms with van der Waals surface area (Å²) in [5.41, 5.74) is 2.42. The van der Waals surface area contributed by atoms with Crippen LogP contribution in [-0.4, -0.2) is 30.3 Å². The van der Waals surface area contributed by atoms with Gasteiger partial charge in [0.05, 0.1) is 25.1 Å². The Morgan fingerprint density at radius 2 is 1.86 bits per heavy atom. The molecular weight excluding hydrogens is 374 g/mol. The summed E-state index contributed by atoms with van der Waals surface area (Å²) in [6, 6.07) is 11.6. The molecule has 8 heteroatoms. The predicted molar refractivity (Wildman–Crippen MR) is 105 cm³/mol. The fourth-order valence-electron chi connectivity index (χ4n) is 3.11. The highest BCUT2D eigenvalue weighted by atomic mass is 16.6. The molecule has 0 spiro atoms. The van der Waals surface area contributed by atoms with Crippen LogP contribution in [0.1, 0.15) is 0 Å². The summed E-state index contributed by atoms with van der Waals surface area (Å²) in [7, 11) is 1.60. The van der Waals surface area contributed by atoms with Crippen molar-refractivity contribution in [3.8, 4) is 39.9 Å². The Bertz CT molecular complexity index is 1140. The van der Waals surface area contributed by atoms with Crippen molar-refractivity contribution in [2.75, 3.05) is 25.6 Å². The molecule has 1 aliphatic rings. The van der Waals surface area contributed by atoms with E-state index in [1.165, 1.54) is 6.39 Å². The lowest BCUT2D eigenvalue weighted by atomic mass is 10.1. The number of anilines is 2. The number of nitrogens with zero attached hydrogens (tertiary/aromatic N) is 2. The highest BCUT2D eigenvalue weighted by molar-refractivity contribution is 5.71. The molecule has 0 radical (unpaired) electrons. The first-order chi connectivity index (χ1) is 14.3. The summed E-state index contributed by atoms with van der Waals surface area (Å²) < 4.78 is 27.9. The average Bonchev–Trinajstić information content (AvgIpc) is 3.46. The fourth-order valence-corrected chi connectivity index (χ4v) is 3.11. The van der Waals surface area contributed by atoms with Crippen LogP contribution in [0.25, 0.3) is 22.6 Å². The first-order valence-corrected chi connectivity index (χ1v) is 9.00. The SMILES string of the molecule is COc1cc(Nc2ncc(-c3ccc4c(c3)OCCO4)o2)ccc1-c1cnco1. The Labute approximate surface area is 166 Å². The standard InChI is InChI=1S/C21H17N3O5/c1-25-17-9-14(3-4-15(17)20-10-22-12-28-20)24-21-23-11-19(29-21)13-2-5-16-18(8-13)27-7-6-26-16/h2-5,8-12H,6-7H2,1H3,(H,23,24). The number of hydrogen-bond acceptors (Lipinski definition) is 8. The Morgan fingerprint density at radius 3 is 2.69 bits per heavy atom. The highest BCUT2D eigenvalue weighted by Gasteiger charge is 2.15. The zero-order valence-corrected chi connectivity index (χ0v) is 15.5. The second-order valence-electron chi connectivity index (χ2n) is 6.29. The molecule has 5 rings (SSSR count). The van der Waals surface area contributed by atoms with E-state index in [0.717, 1.165) is 22.6 Å². The van der Waals surface area contributed by atoms with Gasteiger partial charge in [0, 0.05) is 17.3 Å². The molecule has 0 saturated carbocycles. The summed E-state index contributed by atoms with van der Waals surface area (Å²) in [5.74, 6) is 3.33. The van der Waals surface area contributed by atoms with Gasteiger partial charge in [0.25, 0.3) is 6.01 Å². The number of oxazole rings is 2. The third-order valence-corrected chi connectivity index (χ3v) is 4.48. The summed E-state index contributed by atoms with van der Waals surface area (Å²) in [5, 5.41) is 3.14. The molecule has 8 nitrogen and oxygen atoms in total. The summed E-state index contributed by atoms with van der Waals surface area (Å²) >= 11 is 0. The molecular formula is C21H17N3O5. The third-order valence-electron chi connectivity index (χ3n) is 4.48. The number of rotatable bonds is 5. The molecule has 2 aromatic heterocycles. The van der Waals surface area contributed by atoms with Crippen LogP contribution >= 0.6 is 0 Å². The van der Waals surface area contributed by atoms with Crippen LogP contribution in [0.3, 0.4) is 0 Å². The molecule has 0 aliphatic carbocycles. The molecule has 146 valence electrons. The molecule has 1 aliphatic heterocycles. The maximum Gasteiger partial charge on any atom is 0.299 e.